The van der Waals surface area contributed by atoms with Gasteiger partial charge >= 0.3 is 5.97 Å². The molecule has 5 heteroatoms. The molecule has 0 bridgehead atoms. The number of hydrogen-bond acceptors (Lipinski definition) is 4. The molecule has 0 aliphatic rings. The number of carboxylic acid groups (broad SMARTS) is 1. The van der Waals surface area contributed by atoms with Crippen LogP contribution in [-0.2, 0) is 11.2 Å². The van der Waals surface area contributed by atoms with Gasteiger partial charge in [0.15, 0.2) is 11.9 Å². The van der Waals surface area contributed by atoms with Gasteiger partial charge in [0.1, 0.15) is 5.75 Å². The number of unbranched alkanes of at least 4 members (excludes halogenated alkanes) is 5. The molecule has 1 heterocycles. The van der Waals surface area contributed by atoms with Crippen LogP contribution >= 0.6 is 0 Å². The first-order chi connectivity index (χ1) is 15.6. The summed E-state index contributed by atoms with van der Waals surface area (Å²) >= 11 is 0. The molecular formula is C27H32N2O3. The second kappa shape index (κ2) is 12.0. The summed E-state index contributed by atoms with van der Waals surface area (Å²) in [6.45, 7) is 3.75. The van der Waals surface area contributed by atoms with E-state index in [-0.39, 0.29) is 0 Å². The Labute approximate surface area is 190 Å². The Bertz CT molecular complexity index is 967. The molecule has 0 amide bonds. The Morgan fingerprint density at radius 2 is 1.44 bits per heavy atom. The number of hydrogen-bond donors (Lipinski definition) is 1. The molecule has 1 atom stereocenters. The van der Waals surface area contributed by atoms with Crippen molar-refractivity contribution >= 4 is 5.97 Å². The molecule has 0 aliphatic carbocycles. The van der Waals surface area contributed by atoms with Gasteiger partial charge in [-0.15, -0.1) is 0 Å². The number of benzene rings is 2. The van der Waals surface area contributed by atoms with E-state index in [0.29, 0.717) is 11.6 Å². The first kappa shape index (κ1) is 23.5. The minimum absolute atomic E-state index is 0.516. The van der Waals surface area contributed by atoms with Crippen LogP contribution in [0.2, 0.25) is 0 Å². The van der Waals surface area contributed by atoms with Gasteiger partial charge < -0.3 is 9.84 Å². The summed E-state index contributed by atoms with van der Waals surface area (Å²) < 4.78 is 5.37. The molecule has 0 aliphatic heterocycles. The van der Waals surface area contributed by atoms with E-state index in [9.17, 15) is 4.79 Å². The van der Waals surface area contributed by atoms with E-state index >= 15 is 0 Å². The molecule has 1 N–H and O–H groups in total. The van der Waals surface area contributed by atoms with Crippen molar-refractivity contribution in [2.24, 2.45) is 0 Å². The molecule has 0 fully saturated rings. The van der Waals surface area contributed by atoms with Crippen LogP contribution < -0.4 is 4.74 Å². The number of nitrogens with zero attached hydrogens (tertiary/aromatic N) is 2. The van der Waals surface area contributed by atoms with E-state index < -0.39 is 12.1 Å². The third-order valence-electron chi connectivity index (χ3n) is 5.53. The molecule has 0 saturated heterocycles. The summed E-state index contributed by atoms with van der Waals surface area (Å²) in [5.41, 5.74) is 4.21. The Balaban J connectivity index is 1.55. The molecule has 0 spiro atoms. The van der Waals surface area contributed by atoms with E-state index in [0.717, 1.165) is 23.1 Å². The summed E-state index contributed by atoms with van der Waals surface area (Å²) in [6, 6.07) is 15.8. The third kappa shape index (κ3) is 6.91. The summed E-state index contributed by atoms with van der Waals surface area (Å²) in [6.07, 6.45) is 11.7. The normalized spacial score (nSPS) is 11.8. The van der Waals surface area contributed by atoms with Crippen molar-refractivity contribution in [2.75, 3.05) is 0 Å². The Kier molecular flexibility index (Phi) is 8.79. The maximum atomic E-state index is 10.9. The van der Waals surface area contributed by atoms with Gasteiger partial charge in [-0.3, -0.25) is 0 Å². The van der Waals surface area contributed by atoms with Crippen molar-refractivity contribution in [2.45, 2.75) is 64.9 Å². The minimum atomic E-state index is -0.992. The summed E-state index contributed by atoms with van der Waals surface area (Å²) in [7, 11) is 0. The molecule has 5 nitrogen and oxygen atoms in total. The highest BCUT2D eigenvalue weighted by Crippen LogP contribution is 2.24. The van der Waals surface area contributed by atoms with E-state index in [2.05, 4.69) is 41.2 Å². The smallest absolute Gasteiger partial charge is 0.344 e. The first-order valence-corrected chi connectivity index (χ1v) is 11.5. The van der Waals surface area contributed by atoms with E-state index in [4.69, 9.17) is 9.84 Å². The third-order valence-corrected chi connectivity index (χ3v) is 5.53. The number of ether oxygens (including phenoxy) is 1. The average Bonchev–Trinajstić information content (AvgIpc) is 2.82. The highest BCUT2D eigenvalue weighted by atomic mass is 16.5. The van der Waals surface area contributed by atoms with E-state index in [1.54, 1.807) is 12.1 Å². The topological polar surface area (TPSA) is 72.3 Å². The van der Waals surface area contributed by atoms with Gasteiger partial charge in [0.2, 0.25) is 0 Å². The monoisotopic (exact) mass is 432 g/mol. The number of aromatic nitrogens is 2. The molecule has 1 unspecified atom stereocenters. The van der Waals surface area contributed by atoms with Crippen LogP contribution in [0, 0.1) is 0 Å². The number of rotatable bonds is 12. The van der Waals surface area contributed by atoms with Gasteiger partial charge in [-0.2, -0.15) is 0 Å². The van der Waals surface area contributed by atoms with Crippen LogP contribution in [0.25, 0.3) is 22.5 Å². The largest absolute Gasteiger partial charge is 0.479 e. The molecule has 1 aromatic heterocycles. The molecular weight excluding hydrogens is 400 g/mol. The zero-order chi connectivity index (χ0) is 22.8. The fourth-order valence-corrected chi connectivity index (χ4v) is 3.54. The molecule has 3 aromatic rings. The van der Waals surface area contributed by atoms with Crippen LogP contribution in [0.1, 0.15) is 57.9 Å². The van der Waals surface area contributed by atoms with Gasteiger partial charge in [-0.05, 0) is 43.0 Å². The highest BCUT2D eigenvalue weighted by Gasteiger charge is 2.12. The number of aryl methyl sites for hydroxylation is 1. The van der Waals surface area contributed by atoms with Crippen LogP contribution in [0.15, 0.2) is 60.9 Å². The lowest BCUT2D eigenvalue weighted by Crippen LogP contribution is -2.22. The Hall–Kier alpha value is -3.21. The molecule has 3 rings (SSSR count). The molecule has 168 valence electrons. The fraction of sp³-hybridized carbons (Fsp3) is 0.370. The van der Waals surface area contributed by atoms with Gasteiger partial charge in [0.05, 0.1) is 0 Å². The highest BCUT2D eigenvalue weighted by molar-refractivity contribution is 5.72. The second-order valence-electron chi connectivity index (χ2n) is 8.13. The van der Waals surface area contributed by atoms with Crippen molar-refractivity contribution in [3.63, 3.8) is 0 Å². The number of aliphatic carboxylic acids is 1. The van der Waals surface area contributed by atoms with Crippen LogP contribution in [0.4, 0.5) is 0 Å². The van der Waals surface area contributed by atoms with Crippen molar-refractivity contribution in [1.29, 1.82) is 0 Å². The predicted molar refractivity (Wildman–Crippen MR) is 128 cm³/mol. The maximum absolute atomic E-state index is 10.9. The zero-order valence-electron chi connectivity index (χ0n) is 19.0. The van der Waals surface area contributed by atoms with E-state index in [1.807, 2.05) is 24.5 Å². The predicted octanol–water partition coefficient (Wildman–Crippen LogP) is 6.57. The summed E-state index contributed by atoms with van der Waals surface area (Å²) in [5.74, 6) is 0.228. The van der Waals surface area contributed by atoms with E-state index in [1.165, 1.54) is 51.0 Å². The van der Waals surface area contributed by atoms with Crippen molar-refractivity contribution in [3.05, 3.63) is 66.5 Å². The maximum Gasteiger partial charge on any atom is 0.344 e. The van der Waals surface area contributed by atoms with Crippen molar-refractivity contribution in [3.8, 4) is 28.3 Å². The number of carbonyl (C=O) groups is 1. The fourth-order valence-electron chi connectivity index (χ4n) is 3.54. The lowest BCUT2D eigenvalue weighted by Gasteiger charge is -2.10. The van der Waals surface area contributed by atoms with Gasteiger partial charge in [0.25, 0.3) is 0 Å². The minimum Gasteiger partial charge on any atom is -0.479 e. The standard InChI is InChI=1S/C27H32N2O3/c1-3-4-5-6-7-8-9-21-10-12-23(13-11-21)26-28-18-24(19-29-26)22-14-16-25(17-15-22)32-20(2)27(30)31/h10-20H,3-9H2,1-2H3,(H,30,31). The number of carboxylic acids is 1. The summed E-state index contributed by atoms with van der Waals surface area (Å²) in [4.78, 5) is 20.0. The molecule has 0 saturated carbocycles. The SMILES string of the molecule is CCCCCCCCc1ccc(-c2ncc(-c3ccc(OC(C)C(=O)O)cc3)cn2)cc1. The Morgan fingerprint density at radius 3 is 2.06 bits per heavy atom. The molecule has 2 aromatic carbocycles. The van der Waals surface area contributed by atoms with Crippen LogP contribution in [-0.4, -0.2) is 27.1 Å². The van der Waals surface area contributed by atoms with Crippen molar-refractivity contribution < 1.29 is 14.6 Å². The second-order valence-corrected chi connectivity index (χ2v) is 8.13. The van der Waals surface area contributed by atoms with Crippen LogP contribution in [0.3, 0.4) is 0 Å². The lowest BCUT2D eigenvalue weighted by molar-refractivity contribution is -0.144. The first-order valence-electron chi connectivity index (χ1n) is 11.5. The van der Waals surface area contributed by atoms with Crippen molar-refractivity contribution in [1.82, 2.24) is 9.97 Å². The lowest BCUT2D eigenvalue weighted by atomic mass is 10.0. The quantitative estimate of drug-likeness (QED) is 0.328. The Morgan fingerprint density at radius 1 is 0.844 bits per heavy atom. The van der Waals surface area contributed by atoms with Gasteiger partial charge in [-0.1, -0.05) is 75.4 Å². The van der Waals surface area contributed by atoms with Gasteiger partial charge in [-0.25, -0.2) is 14.8 Å². The molecule has 0 radical (unpaired) electrons. The summed E-state index contributed by atoms with van der Waals surface area (Å²) in [5, 5.41) is 8.94. The average molecular weight is 433 g/mol. The zero-order valence-corrected chi connectivity index (χ0v) is 19.0. The molecule has 32 heavy (non-hydrogen) atoms. The van der Waals surface area contributed by atoms with Crippen LogP contribution in [0.5, 0.6) is 5.75 Å². The van der Waals surface area contributed by atoms with Gasteiger partial charge in [0, 0.05) is 23.5 Å².